The Morgan fingerprint density at radius 1 is 0.500 bits per heavy atom. The smallest absolute Gasteiger partial charge is 0.295 e. The molecule has 0 amide bonds. The van der Waals surface area contributed by atoms with Gasteiger partial charge >= 0.3 is 0 Å². The van der Waals surface area contributed by atoms with Gasteiger partial charge in [0.25, 0.3) is 20.2 Å². The molecule has 0 aliphatic heterocycles. The Balaban J connectivity index is 1.35. The van der Waals surface area contributed by atoms with E-state index in [9.17, 15) is 25.9 Å². The largest absolute Gasteiger partial charge is 0.396 e. The van der Waals surface area contributed by atoms with Crippen molar-refractivity contribution < 1.29 is 25.9 Å². The highest BCUT2D eigenvalue weighted by Crippen LogP contribution is 2.40. The van der Waals surface area contributed by atoms with Crippen LogP contribution in [0.1, 0.15) is 37.8 Å². The molecule has 266 valence electrons. The second-order valence-corrected chi connectivity index (χ2v) is 15.0. The zero-order valence-corrected chi connectivity index (χ0v) is 30.0. The third-order valence-corrected chi connectivity index (χ3v) is 10.5. The summed E-state index contributed by atoms with van der Waals surface area (Å²) in [5, 5.41) is 19.0. The normalized spacial score (nSPS) is 12.5. The fourth-order valence-electron chi connectivity index (χ4n) is 6.17. The standard InChI is InChI=1S/C38H36N6O6S2/c1-3-9-25-19-23(15-17-31(25)41-43-33-21-35(51(45,46)47)27-11-5-7-13-29(27)37(33)39)24-16-18-32(26(20-24)10-4-2)42-44-34-22-36(52(48,49)50)28-12-6-8-14-30(28)38(34)40/h5-8,11-22H,3-4,9-10,39-40H2,1-2H3,(H,45,46,47)(H,48,49,50). The first-order valence-corrected chi connectivity index (χ1v) is 19.3. The molecule has 0 unspecified atom stereocenters. The summed E-state index contributed by atoms with van der Waals surface area (Å²) in [7, 11) is -9.11. The van der Waals surface area contributed by atoms with Crippen LogP contribution in [-0.4, -0.2) is 25.9 Å². The van der Waals surface area contributed by atoms with E-state index < -0.39 is 20.2 Å². The average Bonchev–Trinajstić information content (AvgIpc) is 3.11. The van der Waals surface area contributed by atoms with Gasteiger partial charge in [-0.2, -0.15) is 27.1 Å². The van der Waals surface area contributed by atoms with Crippen molar-refractivity contribution in [2.24, 2.45) is 20.5 Å². The molecule has 0 spiro atoms. The Morgan fingerprint density at radius 3 is 1.19 bits per heavy atom. The Kier molecular flexibility index (Phi) is 10.2. The maximum Gasteiger partial charge on any atom is 0.295 e. The molecule has 6 aromatic carbocycles. The number of fused-ring (bicyclic) bond motifs is 2. The van der Waals surface area contributed by atoms with Crippen LogP contribution >= 0.6 is 0 Å². The maximum absolute atomic E-state index is 12.2. The van der Waals surface area contributed by atoms with Gasteiger partial charge in [0.15, 0.2) is 0 Å². The van der Waals surface area contributed by atoms with Crippen LogP contribution in [0, 0.1) is 0 Å². The van der Waals surface area contributed by atoms with Gasteiger partial charge in [0.2, 0.25) is 0 Å². The summed E-state index contributed by atoms with van der Waals surface area (Å²) in [5.41, 5.74) is 18.3. The van der Waals surface area contributed by atoms with Crippen molar-refractivity contribution >= 4 is 75.9 Å². The highest BCUT2D eigenvalue weighted by molar-refractivity contribution is 7.86. The highest BCUT2D eigenvalue weighted by atomic mass is 32.2. The van der Waals surface area contributed by atoms with Gasteiger partial charge in [-0.25, -0.2) is 0 Å². The van der Waals surface area contributed by atoms with E-state index in [0.29, 0.717) is 35.0 Å². The quantitative estimate of drug-likeness (QED) is 0.0569. The summed E-state index contributed by atoms with van der Waals surface area (Å²) in [6.07, 6.45) is 3.04. The topological polar surface area (TPSA) is 210 Å². The molecule has 0 aliphatic rings. The van der Waals surface area contributed by atoms with E-state index in [1.807, 2.05) is 50.2 Å². The first-order chi connectivity index (χ1) is 24.8. The van der Waals surface area contributed by atoms with Crippen LogP contribution in [-0.2, 0) is 33.1 Å². The van der Waals surface area contributed by atoms with Gasteiger partial charge in [-0.05, 0) is 71.5 Å². The van der Waals surface area contributed by atoms with Crippen LogP contribution in [0.25, 0.3) is 32.7 Å². The molecule has 0 saturated carbocycles. The summed E-state index contributed by atoms with van der Waals surface area (Å²) in [4.78, 5) is -0.602. The maximum atomic E-state index is 12.2. The molecule has 52 heavy (non-hydrogen) atoms. The average molecular weight is 737 g/mol. The fraction of sp³-hybridized carbons (Fsp3) is 0.158. The molecule has 0 saturated heterocycles. The molecule has 6 rings (SSSR count). The van der Waals surface area contributed by atoms with E-state index in [2.05, 4.69) is 20.5 Å². The minimum Gasteiger partial charge on any atom is -0.396 e. The lowest BCUT2D eigenvalue weighted by atomic mass is 9.96. The SMILES string of the molecule is CCCc1cc(-c2ccc(N=Nc3cc(S(=O)(=O)O)c4ccccc4c3N)c(CCC)c2)ccc1N=Nc1cc(S(=O)(=O)O)c2ccccc2c1N. The summed E-state index contributed by atoms with van der Waals surface area (Å²) < 4.78 is 68.5. The van der Waals surface area contributed by atoms with Gasteiger partial charge in [-0.1, -0.05) is 87.4 Å². The number of hydrogen-bond acceptors (Lipinski definition) is 10. The van der Waals surface area contributed by atoms with Crippen molar-refractivity contribution in [2.45, 2.75) is 49.3 Å². The number of anilines is 2. The van der Waals surface area contributed by atoms with E-state index in [1.165, 1.54) is 12.1 Å². The number of aryl methyl sites for hydroxylation is 2. The van der Waals surface area contributed by atoms with Crippen molar-refractivity contribution in [3.05, 3.63) is 108 Å². The van der Waals surface area contributed by atoms with Gasteiger partial charge < -0.3 is 11.5 Å². The predicted molar refractivity (Wildman–Crippen MR) is 205 cm³/mol. The first kappa shape index (κ1) is 36.3. The second kappa shape index (κ2) is 14.6. The van der Waals surface area contributed by atoms with Crippen molar-refractivity contribution in [2.75, 3.05) is 11.5 Å². The zero-order valence-electron chi connectivity index (χ0n) is 28.4. The molecule has 0 atom stereocenters. The molecule has 14 heteroatoms. The third kappa shape index (κ3) is 7.41. The van der Waals surface area contributed by atoms with E-state index >= 15 is 0 Å². The van der Waals surface area contributed by atoms with Crippen LogP contribution in [0.15, 0.2) is 127 Å². The van der Waals surface area contributed by atoms with Crippen LogP contribution in [0.3, 0.4) is 0 Å². The lowest BCUT2D eigenvalue weighted by Crippen LogP contribution is -2.01. The van der Waals surface area contributed by atoms with Crippen molar-refractivity contribution in [3.8, 4) is 11.1 Å². The number of rotatable bonds is 11. The van der Waals surface area contributed by atoms with Crippen molar-refractivity contribution in [3.63, 3.8) is 0 Å². The Morgan fingerprint density at radius 2 is 0.846 bits per heavy atom. The highest BCUT2D eigenvalue weighted by Gasteiger charge is 2.20. The lowest BCUT2D eigenvalue weighted by molar-refractivity contribution is 0.482. The van der Waals surface area contributed by atoms with Crippen molar-refractivity contribution in [1.82, 2.24) is 0 Å². The molecule has 12 nitrogen and oxygen atoms in total. The lowest BCUT2D eigenvalue weighted by Gasteiger charge is -2.12. The Labute approximate surface area is 301 Å². The predicted octanol–water partition coefficient (Wildman–Crippen LogP) is 10.1. The zero-order chi connectivity index (χ0) is 37.2. The molecular formula is C38H36N6O6S2. The van der Waals surface area contributed by atoms with E-state index in [1.54, 1.807) is 48.5 Å². The molecule has 0 fully saturated rings. The number of nitrogen functional groups attached to an aromatic ring is 2. The van der Waals surface area contributed by atoms with Gasteiger partial charge in [0.05, 0.1) is 22.7 Å². The van der Waals surface area contributed by atoms with Crippen LogP contribution in [0.4, 0.5) is 34.1 Å². The molecule has 0 radical (unpaired) electrons. The number of nitrogens with two attached hydrogens (primary N) is 2. The molecular weight excluding hydrogens is 701 g/mol. The molecule has 6 aromatic rings. The molecule has 0 bridgehead atoms. The summed E-state index contributed by atoms with van der Waals surface area (Å²) in [6, 6.07) is 27.2. The molecule has 6 N–H and O–H groups in total. The number of nitrogens with zero attached hydrogens (tertiary/aromatic N) is 4. The number of hydrogen-bond donors (Lipinski definition) is 4. The first-order valence-electron chi connectivity index (χ1n) is 16.5. The summed E-state index contributed by atoms with van der Waals surface area (Å²) in [5.74, 6) is 0. The van der Waals surface area contributed by atoms with Crippen LogP contribution < -0.4 is 11.5 Å². The molecule has 0 aliphatic carbocycles. The van der Waals surface area contributed by atoms with Gasteiger partial charge in [0.1, 0.15) is 21.2 Å². The third-order valence-electron chi connectivity index (χ3n) is 8.67. The Hall–Kier alpha value is -5.54. The van der Waals surface area contributed by atoms with Gasteiger partial charge in [-0.3, -0.25) is 9.11 Å². The van der Waals surface area contributed by atoms with Crippen LogP contribution in [0.2, 0.25) is 0 Å². The number of benzene rings is 6. The van der Waals surface area contributed by atoms with Crippen LogP contribution in [0.5, 0.6) is 0 Å². The van der Waals surface area contributed by atoms with E-state index in [0.717, 1.165) is 35.1 Å². The summed E-state index contributed by atoms with van der Waals surface area (Å²) in [6.45, 7) is 4.10. The van der Waals surface area contributed by atoms with E-state index in [-0.39, 0.29) is 43.3 Å². The molecule has 0 aromatic heterocycles. The summed E-state index contributed by atoms with van der Waals surface area (Å²) >= 11 is 0. The molecule has 0 heterocycles. The fourth-order valence-corrected chi connectivity index (χ4v) is 7.61. The monoisotopic (exact) mass is 736 g/mol. The van der Waals surface area contributed by atoms with Crippen molar-refractivity contribution in [1.29, 1.82) is 0 Å². The van der Waals surface area contributed by atoms with Gasteiger partial charge in [0, 0.05) is 21.5 Å². The minimum atomic E-state index is -4.56. The van der Waals surface area contributed by atoms with Gasteiger partial charge in [-0.15, -0.1) is 10.2 Å². The Bertz CT molecular complexity index is 2460. The minimum absolute atomic E-state index is 0.117. The van der Waals surface area contributed by atoms with E-state index in [4.69, 9.17) is 11.5 Å². The second-order valence-electron chi connectivity index (χ2n) is 12.2. The number of azo groups is 2.